The van der Waals surface area contributed by atoms with Crippen molar-refractivity contribution < 1.29 is 17.6 Å². The number of aryl methyl sites for hydroxylation is 2. The second-order valence-electron chi connectivity index (χ2n) is 4.77. The first-order valence-corrected chi connectivity index (χ1v) is 6.38. The third-order valence-electron chi connectivity index (χ3n) is 3.16. The maximum Gasteiger partial charge on any atom is 0.194 e. The summed E-state index contributed by atoms with van der Waals surface area (Å²) in [6, 6.07) is 4.75. The molecule has 0 aliphatic carbocycles. The molecule has 0 heterocycles. The average Bonchev–Trinajstić information content (AvgIpc) is 2.35. The second kappa shape index (κ2) is 10.8. The molecule has 2 aromatic rings. The van der Waals surface area contributed by atoms with E-state index in [1.54, 1.807) is 13.0 Å². The Morgan fingerprint density at radius 3 is 1.67 bits per heavy atom. The highest BCUT2D eigenvalue weighted by Crippen LogP contribution is 2.30. The number of hydrogen-bond acceptors (Lipinski definition) is 0. The standard InChI is InChI=1S/C16H14F4.4CH4/c1-3-4-10-5-9(2)15(12(17)6-10)11-7-13(18)16(20)14(19)8-11;;;;/h5-8H,3-4H2,1-2H3;4*1H4. The van der Waals surface area contributed by atoms with Crippen molar-refractivity contribution in [2.24, 2.45) is 0 Å². The van der Waals surface area contributed by atoms with Gasteiger partial charge in [0, 0.05) is 5.56 Å². The van der Waals surface area contributed by atoms with Gasteiger partial charge in [-0.2, -0.15) is 0 Å². The second-order valence-corrected chi connectivity index (χ2v) is 4.77. The van der Waals surface area contributed by atoms with E-state index in [1.165, 1.54) is 6.07 Å². The summed E-state index contributed by atoms with van der Waals surface area (Å²) >= 11 is 0. The largest absolute Gasteiger partial charge is 0.206 e. The van der Waals surface area contributed by atoms with Crippen LogP contribution in [0, 0.1) is 30.2 Å². The highest BCUT2D eigenvalue weighted by molar-refractivity contribution is 5.68. The highest BCUT2D eigenvalue weighted by atomic mass is 19.2. The fourth-order valence-corrected chi connectivity index (χ4v) is 2.31. The zero-order valence-corrected chi connectivity index (χ0v) is 11.2. The van der Waals surface area contributed by atoms with Gasteiger partial charge in [-0.1, -0.05) is 49.1 Å². The molecule has 0 fully saturated rings. The molecular formula is C20H30F4. The first-order valence-electron chi connectivity index (χ1n) is 6.38. The van der Waals surface area contributed by atoms with E-state index in [4.69, 9.17) is 0 Å². The van der Waals surface area contributed by atoms with Gasteiger partial charge in [0.15, 0.2) is 17.5 Å². The molecule has 0 N–H and O–H groups in total. The molecule has 0 atom stereocenters. The number of halogens is 4. The fourth-order valence-electron chi connectivity index (χ4n) is 2.31. The third kappa shape index (κ3) is 5.36. The van der Waals surface area contributed by atoms with Crippen molar-refractivity contribution in [3.05, 3.63) is 58.7 Å². The lowest BCUT2D eigenvalue weighted by Crippen LogP contribution is -1.97. The van der Waals surface area contributed by atoms with Gasteiger partial charge in [0.2, 0.25) is 0 Å². The van der Waals surface area contributed by atoms with E-state index < -0.39 is 23.3 Å². The molecule has 0 saturated heterocycles. The van der Waals surface area contributed by atoms with Gasteiger partial charge in [-0.3, -0.25) is 0 Å². The van der Waals surface area contributed by atoms with Crippen molar-refractivity contribution >= 4 is 0 Å². The van der Waals surface area contributed by atoms with Crippen LogP contribution in [0.5, 0.6) is 0 Å². The number of benzene rings is 2. The Bertz CT molecular complexity index is 602. The van der Waals surface area contributed by atoms with Crippen LogP contribution in [0.2, 0.25) is 0 Å². The summed E-state index contributed by atoms with van der Waals surface area (Å²) in [5, 5.41) is 0. The van der Waals surface area contributed by atoms with E-state index in [0.717, 1.165) is 30.5 Å². The molecule has 0 unspecified atom stereocenters. The van der Waals surface area contributed by atoms with E-state index in [2.05, 4.69) is 0 Å². The fraction of sp³-hybridized carbons (Fsp3) is 0.400. The molecule has 0 aliphatic heterocycles. The minimum Gasteiger partial charge on any atom is -0.206 e. The quantitative estimate of drug-likeness (QED) is 0.394. The lowest BCUT2D eigenvalue weighted by atomic mass is 9.96. The van der Waals surface area contributed by atoms with Crippen LogP contribution in [0.4, 0.5) is 17.6 Å². The molecule has 0 aromatic heterocycles. The Labute approximate surface area is 144 Å². The summed E-state index contributed by atoms with van der Waals surface area (Å²) in [7, 11) is 0. The predicted octanol–water partition coefficient (Wildman–Crippen LogP) is 7.72. The smallest absolute Gasteiger partial charge is 0.194 e. The van der Waals surface area contributed by atoms with Gasteiger partial charge in [0.05, 0.1) is 0 Å². The molecule has 0 amide bonds. The molecule has 0 bridgehead atoms. The molecule has 2 rings (SSSR count). The molecule has 2 aromatic carbocycles. The van der Waals surface area contributed by atoms with E-state index >= 15 is 0 Å². The van der Waals surface area contributed by atoms with Gasteiger partial charge in [-0.15, -0.1) is 0 Å². The Kier molecular flexibility index (Phi) is 12.2. The minimum atomic E-state index is -1.55. The molecule has 0 saturated carbocycles. The van der Waals surface area contributed by atoms with Gasteiger partial charge in [0.1, 0.15) is 5.82 Å². The zero-order chi connectivity index (χ0) is 14.9. The Morgan fingerprint density at radius 1 is 0.750 bits per heavy atom. The number of hydrogen-bond donors (Lipinski definition) is 0. The van der Waals surface area contributed by atoms with Crippen LogP contribution in [-0.2, 0) is 6.42 Å². The molecule has 24 heavy (non-hydrogen) atoms. The van der Waals surface area contributed by atoms with E-state index in [-0.39, 0.29) is 40.8 Å². The molecular weight excluding hydrogens is 316 g/mol. The highest BCUT2D eigenvalue weighted by Gasteiger charge is 2.16. The molecule has 138 valence electrons. The zero-order valence-electron chi connectivity index (χ0n) is 11.2. The molecule has 0 radical (unpaired) electrons. The predicted molar refractivity (Wildman–Crippen MR) is 97.4 cm³/mol. The van der Waals surface area contributed by atoms with Crippen LogP contribution in [0.3, 0.4) is 0 Å². The molecule has 0 spiro atoms. The minimum absolute atomic E-state index is 0. The lowest BCUT2D eigenvalue weighted by molar-refractivity contribution is 0.447. The molecule has 4 heteroatoms. The first-order chi connectivity index (χ1) is 9.43. The molecule has 0 aliphatic rings. The Hall–Kier alpha value is -1.84. The van der Waals surface area contributed by atoms with Crippen LogP contribution >= 0.6 is 0 Å². The Morgan fingerprint density at radius 2 is 1.25 bits per heavy atom. The maximum atomic E-state index is 14.1. The van der Waals surface area contributed by atoms with Gasteiger partial charge in [0.25, 0.3) is 0 Å². The lowest BCUT2D eigenvalue weighted by Gasteiger charge is -2.11. The first kappa shape index (κ1) is 27.0. The average molecular weight is 346 g/mol. The summed E-state index contributed by atoms with van der Waals surface area (Å²) in [6.45, 7) is 3.64. The summed E-state index contributed by atoms with van der Waals surface area (Å²) in [6.07, 6.45) is 1.60. The van der Waals surface area contributed by atoms with Crippen LogP contribution in [0.25, 0.3) is 11.1 Å². The molecule has 0 nitrogen and oxygen atoms in total. The monoisotopic (exact) mass is 346 g/mol. The normalized spacial score (nSPS) is 9.08. The van der Waals surface area contributed by atoms with Gasteiger partial charge < -0.3 is 0 Å². The Balaban J connectivity index is -0.00000110. The summed E-state index contributed by atoms with van der Waals surface area (Å²) in [4.78, 5) is 0. The summed E-state index contributed by atoms with van der Waals surface area (Å²) in [5.74, 6) is -4.75. The topological polar surface area (TPSA) is 0 Å². The van der Waals surface area contributed by atoms with E-state index in [1.807, 2.05) is 6.92 Å². The van der Waals surface area contributed by atoms with Gasteiger partial charge >= 0.3 is 0 Å². The van der Waals surface area contributed by atoms with Crippen LogP contribution < -0.4 is 0 Å². The van der Waals surface area contributed by atoms with Crippen LogP contribution in [0.15, 0.2) is 24.3 Å². The van der Waals surface area contributed by atoms with Crippen molar-refractivity contribution in [2.75, 3.05) is 0 Å². The van der Waals surface area contributed by atoms with Crippen LogP contribution in [0.1, 0.15) is 54.2 Å². The van der Waals surface area contributed by atoms with Crippen molar-refractivity contribution in [3.63, 3.8) is 0 Å². The van der Waals surface area contributed by atoms with E-state index in [9.17, 15) is 17.6 Å². The summed E-state index contributed by atoms with van der Waals surface area (Å²) < 4.78 is 53.6. The van der Waals surface area contributed by atoms with Gasteiger partial charge in [-0.25, -0.2) is 17.6 Å². The number of rotatable bonds is 3. The maximum absolute atomic E-state index is 14.1. The van der Waals surface area contributed by atoms with Crippen molar-refractivity contribution in [1.82, 2.24) is 0 Å². The van der Waals surface area contributed by atoms with E-state index in [0.29, 0.717) is 5.56 Å². The third-order valence-corrected chi connectivity index (χ3v) is 3.16. The van der Waals surface area contributed by atoms with Crippen LogP contribution in [-0.4, -0.2) is 0 Å². The summed E-state index contributed by atoms with van der Waals surface area (Å²) in [5.41, 5.74) is 1.50. The van der Waals surface area contributed by atoms with Crippen molar-refractivity contribution in [2.45, 2.75) is 56.4 Å². The SMILES string of the molecule is C.C.C.C.CCCc1cc(C)c(-c2cc(F)c(F)c(F)c2)c(F)c1. The van der Waals surface area contributed by atoms with Gasteiger partial charge in [-0.05, 0) is 48.2 Å². The van der Waals surface area contributed by atoms with Crippen molar-refractivity contribution in [1.29, 1.82) is 0 Å². The van der Waals surface area contributed by atoms with Crippen molar-refractivity contribution in [3.8, 4) is 11.1 Å².